The molecule has 0 spiro atoms. The van der Waals surface area contributed by atoms with Gasteiger partial charge >= 0.3 is 0 Å². The normalized spacial score (nSPS) is 10.6. The van der Waals surface area contributed by atoms with Crippen LogP contribution in [0.3, 0.4) is 0 Å². The van der Waals surface area contributed by atoms with Crippen molar-refractivity contribution in [2.45, 2.75) is 13.3 Å². The average Bonchev–Trinajstić information content (AvgIpc) is 2.46. The largest absolute Gasteiger partial charge is 0.383 e. The van der Waals surface area contributed by atoms with Crippen LogP contribution < -0.4 is 5.32 Å². The molecule has 0 atom stereocenters. The summed E-state index contributed by atoms with van der Waals surface area (Å²) >= 11 is 0. The van der Waals surface area contributed by atoms with Gasteiger partial charge in [-0.2, -0.15) is 0 Å². The van der Waals surface area contributed by atoms with Gasteiger partial charge in [0.15, 0.2) is 0 Å². The van der Waals surface area contributed by atoms with Crippen LogP contribution in [0, 0.1) is 0 Å². The molecule has 108 valence electrons. The summed E-state index contributed by atoms with van der Waals surface area (Å²) in [5, 5.41) is 3.39. The highest BCUT2D eigenvalue weighted by Gasteiger charge is 1.98. The molecule has 4 heteroatoms. The fourth-order valence-electron chi connectivity index (χ4n) is 1.72. The van der Waals surface area contributed by atoms with Gasteiger partial charge in [-0.1, -0.05) is 25.1 Å². The molecule has 0 aliphatic rings. The molecule has 4 nitrogen and oxygen atoms in total. The Labute approximate surface area is 116 Å². The van der Waals surface area contributed by atoms with Crippen LogP contribution in [0.2, 0.25) is 0 Å². The highest BCUT2D eigenvalue weighted by Crippen LogP contribution is 2.14. The highest BCUT2D eigenvalue weighted by atomic mass is 16.5. The van der Waals surface area contributed by atoms with Crippen molar-refractivity contribution in [1.82, 2.24) is 0 Å². The maximum atomic E-state index is 5.48. The van der Waals surface area contributed by atoms with Crippen LogP contribution in [0.5, 0.6) is 0 Å². The standard InChI is InChI=1S/C15H25NO3/c1-3-14-6-4-5-7-15(14)16-8-9-18-12-13-19-11-10-17-2/h4-7,16H,3,8-13H2,1-2H3. The van der Waals surface area contributed by atoms with E-state index in [-0.39, 0.29) is 0 Å². The quantitative estimate of drug-likeness (QED) is 0.625. The Hall–Kier alpha value is -1.10. The van der Waals surface area contributed by atoms with Crippen LogP contribution in [0.4, 0.5) is 5.69 Å². The Morgan fingerprint density at radius 3 is 2.37 bits per heavy atom. The van der Waals surface area contributed by atoms with E-state index in [1.54, 1.807) is 7.11 Å². The van der Waals surface area contributed by atoms with E-state index in [1.807, 2.05) is 6.07 Å². The zero-order valence-electron chi connectivity index (χ0n) is 12.0. The first-order chi connectivity index (χ1) is 9.38. The molecule has 0 saturated carbocycles. The van der Waals surface area contributed by atoms with Gasteiger partial charge in [0, 0.05) is 19.3 Å². The van der Waals surface area contributed by atoms with Crippen molar-refractivity contribution in [3.05, 3.63) is 29.8 Å². The molecular weight excluding hydrogens is 242 g/mol. The van der Waals surface area contributed by atoms with Crippen LogP contribution in [0.15, 0.2) is 24.3 Å². The molecule has 1 aromatic carbocycles. The van der Waals surface area contributed by atoms with Gasteiger partial charge in [-0.15, -0.1) is 0 Å². The number of benzene rings is 1. The first-order valence-corrected chi connectivity index (χ1v) is 6.84. The summed E-state index contributed by atoms with van der Waals surface area (Å²) in [6, 6.07) is 8.36. The first-order valence-electron chi connectivity index (χ1n) is 6.84. The molecule has 1 aromatic rings. The van der Waals surface area contributed by atoms with Crippen molar-refractivity contribution < 1.29 is 14.2 Å². The van der Waals surface area contributed by atoms with Gasteiger partial charge in [0.25, 0.3) is 0 Å². The summed E-state index contributed by atoms with van der Waals surface area (Å²) in [6.45, 7) is 6.17. The lowest BCUT2D eigenvalue weighted by atomic mass is 10.1. The van der Waals surface area contributed by atoms with Crippen LogP contribution in [-0.2, 0) is 20.6 Å². The third-order valence-electron chi connectivity index (χ3n) is 2.76. The van der Waals surface area contributed by atoms with Crippen molar-refractivity contribution in [2.75, 3.05) is 52.0 Å². The summed E-state index contributed by atoms with van der Waals surface area (Å²) < 4.78 is 15.7. The fraction of sp³-hybridized carbons (Fsp3) is 0.600. The molecule has 0 bridgehead atoms. The predicted octanol–water partition coefficient (Wildman–Crippen LogP) is 2.34. The molecule has 1 N–H and O–H groups in total. The number of ether oxygens (including phenoxy) is 3. The van der Waals surface area contributed by atoms with E-state index < -0.39 is 0 Å². The Morgan fingerprint density at radius 2 is 1.63 bits per heavy atom. The lowest BCUT2D eigenvalue weighted by Crippen LogP contribution is -2.14. The van der Waals surface area contributed by atoms with Crippen molar-refractivity contribution in [3.63, 3.8) is 0 Å². The topological polar surface area (TPSA) is 39.7 Å². The zero-order chi connectivity index (χ0) is 13.8. The second kappa shape index (κ2) is 10.8. The van der Waals surface area contributed by atoms with Gasteiger partial charge in [-0.25, -0.2) is 0 Å². The SMILES string of the molecule is CCc1ccccc1NCCOCCOCCOC. The van der Waals surface area contributed by atoms with E-state index in [9.17, 15) is 0 Å². The van der Waals surface area contributed by atoms with Crippen LogP contribution in [0.1, 0.15) is 12.5 Å². The second-order valence-electron chi connectivity index (χ2n) is 4.16. The van der Waals surface area contributed by atoms with Crippen molar-refractivity contribution in [2.24, 2.45) is 0 Å². The van der Waals surface area contributed by atoms with E-state index in [1.165, 1.54) is 11.3 Å². The number of hydrogen-bond acceptors (Lipinski definition) is 4. The first kappa shape index (κ1) is 16.0. The molecule has 0 unspecified atom stereocenters. The van der Waals surface area contributed by atoms with Gasteiger partial charge in [0.1, 0.15) is 0 Å². The molecule has 0 aliphatic heterocycles. The van der Waals surface area contributed by atoms with Crippen LogP contribution >= 0.6 is 0 Å². The van der Waals surface area contributed by atoms with E-state index in [4.69, 9.17) is 14.2 Å². The maximum absolute atomic E-state index is 5.48. The molecule has 1 rings (SSSR count). The van der Waals surface area contributed by atoms with E-state index >= 15 is 0 Å². The molecule has 0 aliphatic carbocycles. The smallest absolute Gasteiger partial charge is 0.0701 e. The van der Waals surface area contributed by atoms with Crippen molar-refractivity contribution in [1.29, 1.82) is 0 Å². The Kier molecular flexibility index (Phi) is 9.06. The van der Waals surface area contributed by atoms with E-state index in [0.29, 0.717) is 33.0 Å². The average molecular weight is 267 g/mol. The third-order valence-corrected chi connectivity index (χ3v) is 2.76. The minimum Gasteiger partial charge on any atom is -0.383 e. The van der Waals surface area contributed by atoms with Gasteiger partial charge in [-0.05, 0) is 18.1 Å². The van der Waals surface area contributed by atoms with Crippen LogP contribution in [-0.4, -0.2) is 46.7 Å². The molecule has 0 aromatic heterocycles. The number of methoxy groups -OCH3 is 1. The fourth-order valence-corrected chi connectivity index (χ4v) is 1.72. The Bertz CT molecular complexity index is 331. The van der Waals surface area contributed by atoms with E-state index in [0.717, 1.165) is 13.0 Å². The summed E-state index contributed by atoms with van der Waals surface area (Å²) in [5.74, 6) is 0. The van der Waals surface area contributed by atoms with Crippen LogP contribution in [0.25, 0.3) is 0 Å². The van der Waals surface area contributed by atoms with Crippen molar-refractivity contribution >= 4 is 5.69 Å². The molecule has 0 fully saturated rings. The molecular formula is C15H25NO3. The minimum atomic E-state index is 0.620. The summed E-state index contributed by atoms with van der Waals surface area (Å²) in [6.07, 6.45) is 1.04. The number of nitrogens with one attached hydrogen (secondary N) is 1. The Balaban J connectivity index is 2.01. The molecule has 0 radical (unpaired) electrons. The molecule has 0 saturated heterocycles. The molecule has 0 heterocycles. The zero-order valence-corrected chi connectivity index (χ0v) is 12.0. The highest BCUT2D eigenvalue weighted by molar-refractivity contribution is 5.50. The third kappa shape index (κ3) is 7.15. The number of rotatable bonds is 11. The molecule has 0 amide bonds. The molecule has 19 heavy (non-hydrogen) atoms. The van der Waals surface area contributed by atoms with Gasteiger partial charge in [0.05, 0.1) is 33.0 Å². The van der Waals surface area contributed by atoms with Crippen molar-refractivity contribution in [3.8, 4) is 0 Å². The van der Waals surface area contributed by atoms with Gasteiger partial charge in [-0.3, -0.25) is 0 Å². The number of para-hydroxylation sites is 1. The second-order valence-corrected chi connectivity index (χ2v) is 4.16. The summed E-state index contributed by atoms with van der Waals surface area (Å²) in [7, 11) is 1.67. The predicted molar refractivity (Wildman–Crippen MR) is 77.8 cm³/mol. The summed E-state index contributed by atoms with van der Waals surface area (Å²) in [4.78, 5) is 0. The Morgan fingerprint density at radius 1 is 0.947 bits per heavy atom. The number of anilines is 1. The minimum absolute atomic E-state index is 0.620. The lowest BCUT2D eigenvalue weighted by Gasteiger charge is -2.11. The number of hydrogen-bond donors (Lipinski definition) is 1. The van der Waals surface area contributed by atoms with Gasteiger partial charge in [0.2, 0.25) is 0 Å². The number of aryl methyl sites for hydroxylation is 1. The summed E-state index contributed by atoms with van der Waals surface area (Å²) in [5.41, 5.74) is 2.54. The van der Waals surface area contributed by atoms with E-state index in [2.05, 4.69) is 30.4 Å². The lowest BCUT2D eigenvalue weighted by molar-refractivity contribution is 0.0272. The maximum Gasteiger partial charge on any atom is 0.0701 e. The van der Waals surface area contributed by atoms with Gasteiger partial charge < -0.3 is 19.5 Å². The monoisotopic (exact) mass is 267 g/mol.